The molecule has 0 amide bonds. The lowest BCUT2D eigenvalue weighted by Gasteiger charge is -2.25. The Kier molecular flexibility index (Phi) is 8.39. The predicted molar refractivity (Wildman–Crippen MR) is 234 cm³/mol. The summed E-state index contributed by atoms with van der Waals surface area (Å²) in [5, 5.41) is 15.4. The van der Waals surface area contributed by atoms with Crippen LogP contribution in [0.25, 0.3) is 66.1 Å². The molecule has 0 spiro atoms. The minimum atomic E-state index is -4.56. The maximum absolute atomic E-state index is 14.5. The van der Waals surface area contributed by atoms with Gasteiger partial charge in [-0.25, -0.2) is 0 Å². The fourth-order valence-electron chi connectivity index (χ4n) is 8.73. The van der Waals surface area contributed by atoms with Crippen molar-refractivity contribution in [3.63, 3.8) is 0 Å². The second-order valence-corrected chi connectivity index (χ2v) is 15.0. The number of nitriles is 1. The van der Waals surface area contributed by atoms with Crippen molar-refractivity contribution in [3.8, 4) is 28.6 Å². The van der Waals surface area contributed by atoms with Crippen molar-refractivity contribution >= 4 is 60.7 Å². The molecule has 0 fully saturated rings. The Morgan fingerprint density at radius 3 is 1.69 bits per heavy atom. The fraction of sp³-hybridized carbons (Fsp3) is 0.0577. The van der Waals surface area contributed by atoms with Crippen LogP contribution in [0.4, 0.5) is 30.2 Å². The molecule has 2 heterocycles. The number of aromatic nitrogens is 2. The van der Waals surface area contributed by atoms with Crippen LogP contribution in [-0.4, -0.2) is 9.13 Å². The molecule has 10 aromatic rings. The molecule has 8 aromatic carbocycles. The molecule has 4 nitrogen and oxygen atoms in total. The molecule has 2 aromatic heterocycles. The molecule has 0 radical (unpaired) electrons. The van der Waals surface area contributed by atoms with E-state index in [1.165, 1.54) is 6.07 Å². The standard InChI is InChI=1S/C52H35F3N4/c1-33-21-24-48-43(29-33)41-17-9-11-19-46(41)58(48)50-26-23-40(35-27-34(2)28-36(30-35)52(53,54)55)51(45(50)32-56)59-47-20-12-10-18-42(47)44-31-39(22-25-49(44)59)57(37-13-5-3-6-14-37)38-15-7-4-8-16-38/h3-31H,1-2H3. The summed E-state index contributed by atoms with van der Waals surface area (Å²) in [6.07, 6.45) is -4.56. The van der Waals surface area contributed by atoms with Gasteiger partial charge in [-0.2, -0.15) is 18.4 Å². The molecule has 0 aliphatic rings. The summed E-state index contributed by atoms with van der Waals surface area (Å²) < 4.78 is 47.5. The molecular formula is C52H35F3N4. The van der Waals surface area contributed by atoms with Crippen LogP contribution in [-0.2, 0) is 6.18 Å². The van der Waals surface area contributed by atoms with E-state index in [0.717, 1.165) is 72.3 Å². The van der Waals surface area contributed by atoms with Gasteiger partial charge in [0.05, 0.1) is 39.0 Å². The Balaban J connectivity index is 1.32. The number of rotatable bonds is 6. The summed E-state index contributed by atoms with van der Waals surface area (Å²) >= 11 is 0. The molecule has 0 aliphatic heterocycles. The summed E-state index contributed by atoms with van der Waals surface area (Å²) in [5.74, 6) is 0. The lowest BCUT2D eigenvalue weighted by atomic mass is 9.95. The van der Waals surface area contributed by atoms with Crippen molar-refractivity contribution in [2.24, 2.45) is 0 Å². The van der Waals surface area contributed by atoms with Crippen molar-refractivity contribution < 1.29 is 13.2 Å². The largest absolute Gasteiger partial charge is 0.416 e. The highest BCUT2D eigenvalue weighted by Crippen LogP contribution is 2.45. The number of hydrogen-bond acceptors (Lipinski definition) is 2. The lowest BCUT2D eigenvalue weighted by Crippen LogP contribution is -2.10. The Bertz CT molecular complexity index is 3260. The number of hydrogen-bond donors (Lipinski definition) is 0. The number of para-hydroxylation sites is 4. The molecule has 0 saturated carbocycles. The van der Waals surface area contributed by atoms with Crippen molar-refractivity contribution in [2.75, 3.05) is 4.90 Å². The first-order chi connectivity index (χ1) is 28.7. The fourth-order valence-corrected chi connectivity index (χ4v) is 8.73. The van der Waals surface area contributed by atoms with E-state index in [1.807, 2.05) is 84.9 Å². The van der Waals surface area contributed by atoms with Crippen molar-refractivity contribution in [1.29, 1.82) is 5.26 Å². The maximum Gasteiger partial charge on any atom is 0.416 e. The highest BCUT2D eigenvalue weighted by molar-refractivity contribution is 6.12. The minimum Gasteiger partial charge on any atom is -0.310 e. The Morgan fingerprint density at radius 2 is 1.05 bits per heavy atom. The van der Waals surface area contributed by atoms with Gasteiger partial charge >= 0.3 is 6.18 Å². The predicted octanol–water partition coefficient (Wildman–Crippen LogP) is 14.5. The normalized spacial score (nSPS) is 11.8. The van der Waals surface area contributed by atoms with Gasteiger partial charge < -0.3 is 14.0 Å². The molecule has 0 bridgehead atoms. The molecule has 0 aliphatic carbocycles. The molecular weight excluding hydrogens is 738 g/mol. The summed E-state index contributed by atoms with van der Waals surface area (Å²) in [7, 11) is 0. The van der Waals surface area contributed by atoms with Gasteiger partial charge in [-0.05, 0) is 110 Å². The first-order valence-corrected chi connectivity index (χ1v) is 19.4. The third-order valence-corrected chi connectivity index (χ3v) is 11.2. The number of aryl methyl sites for hydroxylation is 2. The van der Waals surface area contributed by atoms with Gasteiger partial charge in [0.25, 0.3) is 0 Å². The molecule has 0 saturated heterocycles. The second kappa shape index (κ2) is 13.8. The number of halogens is 3. The van der Waals surface area contributed by atoms with E-state index in [4.69, 9.17) is 0 Å². The van der Waals surface area contributed by atoms with Crippen LogP contribution in [0, 0.1) is 25.2 Å². The molecule has 7 heteroatoms. The van der Waals surface area contributed by atoms with Gasteiger partial charge in [0.2, 0.25) is 0 Å². The first kappa shape index (κ1) is 35.8. The van der Waals surface area contributed by atoms with Gasteiger partial charge in [-0.3, -0.25) is 0 Å². The molecule has 0 N–H and O–H groups in total. The zero-order valence-corrected chi connectivity index (χ0v) is 32.2. The quantitative estimate of drug-likeness (QED) is 0.169. The molecule has 0 atom stereocenters. The molecule has 59 heavy (non-hydrogen) atoms. The number of fused-ring (bicyclic) bond motifs is 6. The third kappa shape index (κ3) is 5.92. The van der Waals surface area contributed by atoms with Crippen LogP contribution in [0.1, 0.15) is 22.3 Å². The summed E-state index contributed by atoms with van der Waals surface area (Å²) in [6.45, 7) is 3.73. The van der Waals surface area contributed by atoms with Crippen LogP contribution >= 0.6 is 0 Å². The van der Waals surface area contributed by atoms with Crippen LogP contribution in [0.3, 0.4) is 0 Å². The topological polar surface area (TPSA) is 36.9 Å². The Hall–Kier alpha value is -7.56. The van der Waals surface area contributed by atoms with Gasteiger partial charge in [-0.15, -0.1) is 0 Å². The van der Waals surface area contributed by atoms with E-state index in [9.17, 15) is 18.4 Å². The second-order valence-electron chi connectivity index (χ2n) is 15.0. The van der Waals surface area contributed by atoms with E-state index in [-0.39, 0.29) is 0 Å². The van der Waals surface area contributed by atoms with Crippen LogP contribution in [0.2, 0.25) is 0 Å². The van der Waals surface area contributed by atoms with Crippen LogP contribution in [0.15, 0.2) is 176 Å². The number of alkyl halides is 3. The number of anilines is 3. The zero-order chi connectivity index (χ0) is 40.4. The average molecular weight is 773 g/mol. The van der Waals surface area contributed by atoms with E-state index in [2.05, 4.69) is 99.8 Å². The molecule has 284 valence electrons. The summed E-state index contributed by atoms with van der Waals surface area (Å²) in [6, 6.07) is 59.5. The van der Waals surface area contributed by atoms with E-state index < -0.39 is 11.7 Å². The van der Waals surface area contributed by atoms with Gasteiger partial charge in [0, 0.05) is 44.2 Å². The smallest absolute Gasteiger partial charge is 0.310 e. The van der Waals surface area contributed by atoms with Crippen molar-refractivity contribution in [2.45, 2.75) is 20.0 Å². The lowest BCUT2D eigenvalue weighted by molar-refractivity contribution is -0.137. The number of benzene rings is 8. The SMILES string of the molecule is Cc1cc(-c2ccc(-n3c4ccccc4c4cc(C)ccc43)c(C#N)c2-n2c3ccccc3c3cc(N(c4ccccc4)c4ccccc4)ccc32)cc(C(F)(F)F)c1. The van der Waals surface area contributed by atoms with Gasteiger partial charge in [0.15, 0.2) is 0 Å². The minimum absolute atomic E-state index is 0.336. The Labute approximate surface area is 338 Å². The van der Waals surface area contributed by atoms with Gasteiger partial charge in [0.1, 0.15) is 11.6 Å². The summed E-state index contributed by atoms with van der Waals surface area (Å²) in [5.41, 5.74) is 9.58. The molecule has 0 unspecified atom stereocenters. The van der Waals surface area contributed by atoms with Crippen LogP contribution < -0.4 is 4.90 Å². The van der Waals surface area contributed by atoms with E-state index in [1.54, 1.807) is 13.0 Å². The van der Waals surface area contributed by atoms with E-state index >= 15 is 0 Å². The third-order valence-electron chi connectivity index (χ3n) is 11.2. The van der Waals surface area contributed by atoms with Crippen molar-refractivity contribution in [1.82, 2.24) is 9.13 Å². The van der Waals surface area contributed by atoms with Crippen LogP contribution in [0.5, 0.6) is 0 Å². The van der Waals surface area contributed by atoms with Gasteiger partial charge in [-0.1, -0.05) is 96.6 Å². The summed E-state index contributed by atoms with van der Waals surface area (Å²) in [4.78, 5) is 2.20. The van der Waals surface area contributed by atoms with E-state index in [0.29, 0.717) is 33.6 Å². The van der Waals surface area contributed by atoms with Crippen molar-refractivity contribution in [3.05, 3.63) is 198 Å². The first-order valence-electron chi connectivity index (χ1n) is 19.4. The highest BCUT2D eigenvalue weighted by atomic mass is 19.4. The monoisotopic (exact) mass is 772 g/mol. The maximum atomic E-state index is 14.5. The zero-order valence-electron chi connectivity index (χ0n) is 32.2. The number of nitrogens with zero attached hydrogens (tertiary/aromatic N) is 4. The molecule has 10 rings (SSSR count). The Morgan fingerprint density at radius 1 is 0.492 bits per heavy atom. The highest BCUT2D eigenvalue weighted by Gasteiger charge is 2.32. The average Bonchev–Trinajstić information content (AvgIpc) is 3.75.